The monoisotopic (exact) mass is 365 g/mol. The van der Waals surface area contributed by atoms with Gasteiger partial charge < -0.3 is 4.74 Å². The van der Waals surface area contributed by atoms with Gasteiger partial charge in [0.25, 0.3) is 0 Å². The Balaban J connectivity index is 1.71. The van der Waals surface area contributed by atoms with E-state index in [9.17, 15) is 4.79 Å². The molecular formula is C20H23N5O2. The Morgan fingerprint density at radius 2 is 1.89 bits per heavy atom. The van der Waals surface area contributed by atoms with Gasteiger partial charge in [-0.3, -0.25) is 10.9 Å². The standard InChI is InChI=1S/C20H23N5O2/c1-14-23-24(13-15-6-4-3-5-7-15)20(26)25(14)18-9-8-16(10-19(18)27-2)17-11-21-22-12-17/h3-10,17,21-22H,11-13H2,1-2H3. The molecule has 7 nitrogen and oxygen atoms in total. The second kappa shape index (κ2) is 7.38. The van der Waals surface area contributed by atoms with E-state index in [0.717, 1.165) is 18.7 Å². The fourth-order valence-corrected chi connectivity index (χ4v) is 3.48. The lowest BCUT2D eigenvalue weighted by molar-refractivity contribution is 0.411. The lowest BCUT2D eigenvalue weighted by Crippen LogP contribution is -2.25. The Hall–Kier alpha value is -2.90. The van der Waals surface area contributed by atoms with E-state index in [1.54, 1.807) is 11.7 Å². The van der Waals surface area contributed by atoms with Gasteiger partial charge in [0, 0.05) is 19.0 Å². The van der Waals surface area contributed by atoms with Crippen molar-refractivity contribution in [2.24, 2.45) is 0 Å². The number of aromatic nitrogens is 3. The van der Waals surface area contributed by atoms with Crippen molar-refractivity contribution in [2.45, 2.75) is 19.4 Å². The zero-order valence-electron chi connectivity index (χ0n) is 15.5. The molecule has 2 N–H and O–H groups in total. The molecule has 140 valence electrons. The zero-order chi connectivity index (χ0) is 18.8. The molecule has 0 bridgehead atoms. The second-order valence-corrected chi connectivity index (χ2v) is 6.70. The van der Waals surface area contributed by atoms with Gasteiger partial charge >= 0.3 is 5.69 Å². The number of hydrazine groups is 1. The van der Waals surface area contributed by atoms with Gasteiger partial charge in [0.15, 0.2) is 0 Å². The Labute approximate surface area is 157 Å². The maximum absolute atomic E-state index is 13.0. The fraction of sp³-hybridized carbons (Fsp3) is 0.300. The zero-order valence-corrected chi connectivity index (χ0v) is 15.5. The maximum atomic E-state index is 13.0. The van der Waals surface area contributed by atoms with Crippen LogP contribution < -0.4 is 21.3 Å². The molecule has 1 aliphatic rings. The Bertz CT molecular complexity index is 987. The van der Waals surface area contributed by atoms with E-state index in [1.807, 2.05) is 49.4 Å². The molecule has 1 fully saturated rings. The van der Waals surface area contributed by atoms with Crippen LogP contribution in [0, 0.1) is 6.92 Å². The van der Waals surface area contributed by atoms with E-state index in [0.29, 0.717) is 29.7 Å². The van der Waals surface area contributed by atoms with Crippen LogP contribution in [0.25, 0.3) is 5.69 Å². The van der Waals surface area contributed by atoms with Crippen LogP contribution in [0.5, 0.6) is 5.75 Å². The van der Waals surface area contributed by atoms with E-state index in [2.05, 4.69) is 22.0 Å². The van der Waals surface area contributed by atoms with Gasteiger partial charge in [-0.25, -0.2) is 14.0 Å². The second-order valence-electron chi connectivity index (χ2n) is 6.70. The molecule has 0 unspecified atom stereocenters. The van der Waals surface area contributed by atoms with Crippen LogP contribution in [0.1, 0.15) is 22.9 Å². The molecule has 0 spiro atoms. The van der Waals surface area contributed by atoms with E-state index in [1.165, 1.54) is 10.2 Å². The molecule has 0 amide bonds. The SMILES string of the molecule is COc1cc(C2CNNC2)ccc1-n1c(C)nn(Cc2ccccc2)c1=O. The third-order valence-corrected chi connectivity index (χ3v) is 4.91. The van der Waals surface area contributed by atoms with Crippen LogP contribution in [0.2, 0.25) is 0 Å². The summed E-state index contributed by atoms with van der Waals surface area (Å²) in [5.74, 6) is 1.68. The van der Waals surface area contributed by atoms with Crippen molar-refractivity contribution in [3.8, 4) is 11.4 Å². The molecule has 27 heavy (non-hydrogen) atoms. The topological polar surface area (TPSA) is 73.1 Å². The average molecular weight is 365 g/mol. The summed E-state index contributed by atoms with van der Waals surface area (Å²) in [4.78, 5) is 13.0. The lowest BCUT2D eigenvalue weighted by Gasteiger charge is -2.14. The summed E-state index contributed by atoms with van der Waals surface area (Å²) in [7, 11) is 1.63. The minimum absolute atomic E-state index is 0.174. The van der Waals surface area contributed by atoms with Crippen LogP contribution in [0.4, 0.5) is 0 Å². The van der Waals surface area contributed by atoms with Crippen LogP contribution >= 0.6 is 0 Å². The van der Waals surface area contributed by atoms with E-state index < -0.39 is 0 Å². The lowest BCUT2D eigenvalue weighted by atomic mass is 9.99. The normalized spacial score (nSPS) is 14.6. The highest BCUT2D eigenvalue weighted by molar-refractivity contribution is 5.50. The van der Waals surface area contributed by atoms with E-state index >= 15 is 0 Å². The first-order valence-electron chi connectivity index (χ1n) is 9.02. The fourth-order valence-electron chi connectivity index (χ4n) is 3.48. The molecule has 1 aliphatic heterocycles. The summed E-state index contributed by atoms with van der Waals surface area (Å²) in [5.41, 5.74) is 9.03. The summed E-state index contributed by atoms with van der Waals surface area (Å²) in [6.07, 6.45) is 0. The first-order valence-corrected chi connectivity index (χ1v) is 9.02. The predicted octanol–water partition coefficient (Wildman–Crippen LogP) is 1.59. The molecule has 0 aliphatic carbocycles. The predicted molar refractivity (Wildman–Crippen MR) is 103 cm³/mol. The maximum Gasteiger partial charge on any atom is 0.351 e. The molecule has 4 rings (SSSR count). The molecule has 1 aromatic heterocycles. The average Bonchev–Trinajstić information content (AvgIpc) is 3.31. The molecule has 7 heteroatoms. The molecule has 0 saturated carbocycles. The smallest absolute Gasteiger partial charge is 0.351 e. The summed E-state index contributed by atoms with van der Waals surface area (Å²) >= 11 is 0. The van der Waals surface area contributed by atoms with Crippen molar-refractivity contribution in [3.63, 3.8) is 0 Å². The molecule has 1 saturated heterocycles. The van der Waals surface area contributed by atoms with Crippen molar-refractivity contribution >= 4 is 0 Å². The van der Waals surface area contributed by atoms with Gasteiger partial charge in [0.05, 0.1) is 19.3 Å². The number of methoxy groups -OCH3 is 1. The summed E-state index contributed by atoms with van der Waals surface area (Å²) < 4.78 is 8.70. The summed E-state index contributed by atoms with van der Waals surface area (Å²) in [5, 5.41) is 4.45. The molecule has 0 radical (unpaired) electrons. The molecule has 2 aromatic carbocycles. The Morgan fingerprint density at radius 3 is 2.59 bits per heavy atom. The van der Waals surface area contributed by atoms with Crippen molar-refractivity contribution in [3.05, 3.63) is 76.0 Å². The number of hydrogen-bond acceptors (Lipinski definition) is 5. The molecular weight excluding hydrogens is 342 g/mol. The van der Waals surface area contributed by atoms with Crippen molar-refractivity contribution in [2.75, 3.05) is 20.2 Å². The van der Waals surface area contributed by atoms with Gasteiger partial charge in [0.2, 0.25) is 0 Å². The van der Waals surface area contributed by atoms with Crippen molar-refractivity contribution < 1.29 is 4.74 Å². The first-order chi connectivity index (χ1) is 13.2. The summed E-state index contributed by atoms with van der Waals surface area (Å²) in [6.45, 7) is 4.02. The van der Waals surface area contributed by atoms with Gasteiger partial charge in [-0.15, -0.1) is 0 Å². The largest absolute Gasteiger partial charge is 0.495 e. The van der Waals surface area contributed by atoms with Gasteiger partial charge in [-0.2, -0.15) is 5.10 Å². The highest BCUT2D eigenvalue weighted by atomic mass is 16.5. The van der Waals surface area contributed by atoms with Crippen LogP contribution in [-0.4, -0.2) is 34.5 Å². The third-order valence-electron chi connectivity index (χ3n) is 4.91. The van der Waals surface area contributed by atoms with Crippen molar-refractivity contribution in [1.82, 2.24) is 25.2 Å². The number of aryl methyl sites for hydroxylation is 1. The van der Waals surface area contributed by atoms with Gasteiger partial charge in [-0.1, -0.05) is 36.4 Å². The third kappa shape index (κ3) is 3.39. The Morgan fingerprint density at radius 1 is 1.15 bits per heavy atom. The number of rotatable bonds is 5. The number of nitrogens with zero attached hydrogens (tertiary/aromatic N) is 3. The molecule has 0 atom stereocenters. The van der Waals surface area contributed by atoms with E-state index in [-0.39, 0.29) is 5.69 Å². The van der Waals surface area contributed by atoms with Crippen molar-refractivity contribution in [1.29, 1.82) is 0 Å². The first kappa shape index (κ1) is 17.5. The summed E-state index contributed by atoms with van der Waals surface area (Å²) in [6, 6.07) is 15.8. The highest BCUT2D eigenvalue weighted by Crippen LogP contribution is 2.28. The van der Waals surface area contributed by atoms with Crippen LogP contribution in [-0.2, 0) is 6.54 Å². The number of hydrogen-bond donors (Lipinski definition) is 2. The minimum atomic E-state index is -0.174. The Kier molecular flexibility index (Phi) is 4.79. The molecule has 2 heterocycles. The van der Waals surface area contributed by atoms with Crippen LogP contribution in [0.15, 0.2) is 53.3 Å². The quantitative estimate of drug-likeness (QED) is 0.718. The number of benzene rings is 2. The molecule has 3 aromatic rings. The number of nitrogens with one attached hydrogen (secondary N) is 2. The van der Waals surface area contributed by atoms with E-state index in [4.69, 9.17) is 4.74 Å². The highest BCUT2D eigenvalue weighted by Gasteiger charge is 2.20. The van der Waals surface area contributed by atoms with Gasteiger partial charge in [-0.05, 0) is 30.2 Å². The number of ether oxygens (including phenoxy) is 1. The van der Waals surface area contributed by atoms with Gasteiger partial charge in [0.1, 0.15) is 11.6 Å². The minimum Gasteiger partial charge on any atom is -0.495 e. The van der Waals surface area contributed by atoms with Crippen LogP contribution in [0.3, 0.4) is 0 Å².